The Labute approximate surface area is 124 Å². The number of ketones is 1. The van der Waals surface area contributed by atoms with Gasteiger partial charge in [0.2, 0.25) is 5.78 Å². The Kier molecular flexibility index (Phi) is 4.63. The largest absolute Gasteiger partial charge is 0.496 e. The van der Waals surface area contributed by atoms with Crippen LogP contribution in [0.1, 0.15) is 21.5 Å². The van der Waals surface area contributed by atoms with Crippen LogP contribution in [0.15, 0.2) is 42.5 Å². The molecule has 0 atom stereocenters. The maximum Gasteiger partial charge on any atom is 0.240 e. The normalized spacial score (nSPS) is 9.48. The van der Waals surface area contributed by atoms with Gasteiger partial charge in [-0.25, -0.2) is 0 Å². The Morgan fingerprint density at radius 2 is 1.67 bits per heavy atom. The highest BCUT2D eigenvalue weighted by atomic mass is 16.5. The molecule has 0 saturated heterocycles. The lowest BCUT2D eigenvalue weighted by Crippen LogP contribution is -2.02. The summed E-state index contributed by atoms with van der Waals surface area (Å²) in [5.41, 5.74) is 2.11. The Hall–Kier alpha value is -2.73. The number of methoxy groups -OCH3 is 2. The molecule has 2 aromatic carbocycles. The molecular formula is C18H16O3. The van der Waals surface area contributed by atoms with Crippen molar-refractivity contribution in [1.29, 1.82) is 0 Å². The summed E-state index contributed by atoms with van der Waals surface area (Å²) in [7, 11) is 3.10. The summed E-state index contributed by atoms with van der Waals surface area (Å²) < 4.78 is 10.5. The number of carbonyl (C=O) groups excluding carboxylic acids is 1. The second kappa shape index (κ2) is 6.62. The fraction of sp³-hybridized carbons (Fsp3) is 0.167. The maximum absolute atomic E-state index is 12.3. The highest BCUT2D eigenvalue weighted by Crippen LogP contribution is 2.28. The van der Waals surface area contributed by atoms with Crippen molar-refractivity contribution in [1.82, 2.24) is 0 Å². The van der Waals surface area contributed by atoms with Crippen LogP contribution in [0.25, 0.3) is 0 Å². The highest BCUT2D eigenvalue weighted by Gasteiger charge is 2.13. The topological polar surface area (TPSA) is 35.5 Å². The summed E-state index contributed by atoms with van der Waals surface area (Å²) in [5.74, 6) is 6.33. The maximum atomic E-state index is 12.3. The van der Waals surface area contributed by atoms with E-state index in [-0.39, 0.29) is 5.78 Å². The zero-order valence-electron chi connectivity index (χ0n) is 12.3. The van der Waals surface area contributed by atoms with Gasteiger partial charge in [-0.05, 0) is 42.7 Å². The molecule has 0 aromatic heterocycles. The zero-order chi connectivity index (χ0) is 15.2. The lowest BCUT2D eigenvalue weighted by atomic mass is 10.1. The minimum Gasteiger partial charge on any atom is -0.496 e. The van der Waals surface area contributed by atoms with Crippen molar-refractivity contribution < 1.29 is 14.3 Å². The third-order valence-corrected chi connectivity index (χ3v) is 3.06. The summed E-state index contributed by atoms with van der Waals surface area (Å²) in [6.07, 6.45) is 0. The average Bonchev–Trinajstić information content (AvgIpc) is 2.53. The van der Waals surface area contributed by atoms with Crippen LogP contribution in [0.5, 0.6) is 11.5 Å². The van der Waals surface area contributed by atoms with Crippen LogP contribution in [0, 0.1) is 18.8 Å². The Bertz CT molecular complexity index is 706. The number of Topliss-reactive ketones (excluding diaryl/α,β-unsaturated/α-hetero) is 1. The first kappa shape index (κ1) is 14.7. The Morgan fingerprint density at radius 3 is 2.29 bits per heavy atom. The molecule has 0 bridgehead atoms. The Balaban J connectivity index is 2.37. The van der Waals surface area contributed by atoms with Crippen LogP contribution in [0.4, 0.5) is 0 Å². The second-order valence-corrected chi connectivity index (χ2v) is 4.47. The van der Waals surface area contributed by atoms with Crippen LogP contribution in [-0.4, -0.2) is 20.0 Å². The van der Waals surface area contributed by atoms with E-state index in [0.29, 0.717) is 17.1 Å². The van der Waals surface area contributed by atoms with Gasteiger partial charge in [-0.3, -0.25) is 4.79 Å². The number of benzene rings is 2. The summed E-state index contributed by atoms with van der Waals surface area (Å²) in [6, 6.07) is 12.8. The molecule has 3 nitrogen and oxygen atoms in total. The van der Waals surface area contributed by atoms with E-state index in [1.807, 2.05) is 37.3 Å². The minimum atomic E-state index is -0.297. The first-order valence-electron chi connectivity index (χ1n) is 6.49. The van der Waals surface area contributed by atoms with Gasteiger partial charge in [0.15, 0.2) is 0 Å². The van der Waals surface area contributed by atoms with Crippen molar-refractivity contribution in [2.24, 2.45) is 0 Å². The van der Waals surface area contributed by atoms with Crippen LogP contribution < -0.4 is 9.47 Å². The quantitative estimate of drug-likeness (QED) is 0.639. The summed E-state index contributed by atoms with van der Waals surface area (Å²) >= 11 is 0. The molecule has 0 heterocycles. The van der Waals surface area contributed by atoms with Crippen LogP contribution in [0.2, 0.25) is 0 Å². The third kappa shape index (κ3) is 3.43. The zero-order valence-corrected chi connectivity index (χ0v) is 12.3. The molecule has 0 spiro atoms. The lowest BCUT2D eigenvalue weighted by molar-refractivity contribution is 0.105. The molecule has 0 aliphatic carbocycles. The highest BCUT2D eigenvalue weighted by molar-refractivity contribution is 6.11. The standard InChI is InChI=1S/C18H16O3/c1-13-11-18(21-3)15(12-17(13)20-2)16(19)10-9-14-7-5-4-6-8-14/h4-8,11-12H,1-3H3. The predicted octanol–water partition coefficient (Wildman–Crippen LogP) is 3.25. The SMILES string of the molecule is COc1cc(C(=O)C#Cc2ccccc2)c(OC)cc1C. The van der Waals surface area contributed by atoms with Crippen LogP contribution in [-0.2, 0) is 0 Å². The molecule has 106 valence electrons. The molecule has 0 amide bonds. The van der Waals surface area contributed by atoms with E-state index in [9.17, 15) is 4.79 Å². The fourth-order valence-electron chi connectivity index (χ4n) is 1.95. The average molecular weight is 280 g/mol. The van der Waals surface area contributed by atoms with Gasteiger partial charge in [0.1, 0.15) is 11.5 Å². The molecule has 0 unspecified atom stereocenters. The van der Waals surface area contributed by atoms with Gasteiger partial charge >= 0.3 is 0 Å². The molecule has 0 saturated carbocycles. The number of rotatable bonds is 3. The number of aryl methyl sites for hydroxylation is 1. The van der Waals surface area contributed by atoms with Gasteiger partial charge < -0.3 is 9.47 Å². The molecule has 0 aliphatic heterocycles. The summed E-state index contributed by atoms with van der Waals surface area (Å²) in [5, 5.41) is 0. The van der Waals surface area contributed by atoms with E-state index < -0.39 is 0 Å². The smallest absolute Gasteiger partial charge is 0.240 e. The van der Waals surface area contributed by atoms with Crippen molar-refractivity contribution in [2.75, 3.05) is 14.2 Å². The van der Waals surface area contributed by atoms with E-state index in [4.69, 9.17) is 9.47 Å². The van der Waals surface area contributed by atoms with E-state index in [1.165, 1.54) is 7.11 Å². The molecule has 0 fully saturated rings. The monoisotopic (exact) mass is 280 g/mol. The third-order valence-electron chi connectivity index (χ3n) is 3.06. The van der Waals surface area contributed by atoms with Crippen molar-refractivity contribution in [3.8, 4) is 23.3 Å². The van der Waals surface area contributed by atoms with Gasteiger partial charge in [-0.15, -0.1) is 0 Å². The first-order valence-corrected chi connectivity index (χ1v) is 6.49. The van der Waals surface area contributed by atoms with Gasteiger partial charge in [-0.2, -0.15) is 0 Å². The van der Waals surface area contributed by atoms with E-state index in [1.54, 1.807) is 19.2 Å². The Morgan fingerprint density at radius 1 is 1.00 bits per heavy atom. The second-order valence-electron chi connectivity index (χ2n) is 4.47. The summed E-state index contributed by atoms with van der Waals surface area (Å²) in [6.45, 7) is 1.89. The molecule has 21 heavy (non-hydrogen) atoms. The number of carbonyl (C=O) groups is 1. The van der Waals surface area contributed by atoms with Crippen molar-refractivity contribution in [3.05, 3.63) is 59.2 Å². The number of hydrogen-bond donors (Lipinski definition) is 0. The number of ether oxygens (including phenoxy) is 2. The van der Waals surface area contributed by atoms with E-state index >= 15 is 0 Å². The molecule has 0 aliphatic rings. The molecule has 3 heteroatoms. The first-order chi connectivity index (χ1) is 10.2. The van der Waals surface area contributed by atoms with Crippen LogP contribution in [0.3, 0.4) is 0 Å². The molecule has 0 radical (unpaired) electrons. The van der Waals surface area contributed by atoms with Gasteiger partial charge in [0, 0.05) is 5.56 Å². The van der Waals surface area contributed by atoms with E-state index in [0.717, 1.165) is 11.1 Å². The fourth-order valence-corrected chi connectivity index (χ4v) is 1.95. The van der Waals surface area contributed by atoms with Gasteiger partial charge in [-0.1, -0.05) is 24.1 Å². The van der Waals surface area contributed by atoms with Gasteiger partial charge in [0.05, 0.1) is 19.8 Å². The van der Waals surface area contributed by atoms with Gasteiger partial charge in [0.25, 0.3) is 0 Å². The molecule has 0 N–H and O–H groups in total. The molecular weight excluding hydrogens is 264 g/mol. The minimum absolute atomic E-state index is 0.297. The molecule has 2 rings (SSSR count). The molecule has 2 aromatic rings. The van der Waals surface area contributed by atoms with Crippen molar-refractivity contribution in [2.45, 2.75) is 6.92 Å². The van der Waals surface area contributed by atoms with Crippen molar-refractivity contribution in [3.63, 3.8) is 0 Å². The predicted molar refractivity (Wildman–Crippen MR) is 81.9 cm³/mol. The number of hydrogen-bond acceptors (Lipinski definition) is 3. The van der Waals surface area contributed by atoms with Crippen molar-refractivity contribution >= 4 is 5.78 Å². The summed E-state index contributed by atoms with van der Waals surface area (Å²) in [4.78, 5) is 12.3. The van der Waals surface area contributed by atoms with Crippen LogP contribution >= 0.6 is 0 Å². The van der Waals surface area contributed by atoms with E-state index in [2.05, 4.69) is 11.8 Å². The lowest BCUT2D eigenvalue weighted by Gasteiger charge is -2.10.